The van der Waals surface area contributed by atoms with Crippen LogP contribution in [0.3, 0.4) is 0 Å². The van der Waals surface area contributed by atoms with Crippen molar-refractivity contribution in [2.45, 2.75) is 0 Å². The maximum absolute atomic E-state index is 10.7. The van der Waals surface area contributed by atoms with Crippen LogP contribution in [0.15, 0.2) is 36.4 Å². The van der Waals surface area contributed by atoms with Gasteiger partial charge < -0.3 is 10.5 Å². The molecule has 0 atom stereocenters. The standard InChI is InChI=1S/C13H12N2O2/c1-17-13-10(6-7-12(14)16)8-9-4-2-3-5-11(9)15-13/h2-8H,1H3,(H2,14,16)/b7-6+. The van der Waals surface area contributed by atoms with E-state index in [0.29, 0.717) is 5.88 Å². The Morgan fingerprint density at radius 1 is 1.41 bits per heavy atom. The SMILES string of the molecule is COc1nc2ccccc2cc1/C=C/C(N)=O. The van der Waals surface area contributed by atoms with Crippen LogP contribution >= 0.6 is 0 Å². The van der Waals surface area contributed by atoms with Crippen molar-refractivity contribution in [3.05, 3.63) is 42.0 Å². The van der Waals surface area contributed by atoms with Crippen LogP contribution in [0.4, 0.5) is 0 Å². The lowest BCUT2D eigenvalue weighted by Gasteiger charge is -2.05. The van der Waals surface area contributed by atoms with Crippen molar-refractivity contribution >= 4 is 22.9 Å². The monoisotopic (exact) mass is 228 g/mol. The van der Waals surface area contributed by atoms with Crippen molar-refractivity contribution in [2.24, 2.45) is 5.73 Å². The van der Waals surface area contributed by atoms with Crippen molar-refractivity contribution in [1.82, 2.24) is 4.98 Å². The summed E-state index contributed by atoms with van der Waals surface area (Å²) in [7, 11) is 1.54. The van der Waals surface area contributed by atoms with Gasteiger partial charge in [0.2, 0.25) is 11.8 Å². The minimum atomic E-state index is -0.500. The van der Waals surface area contributed by atoms with Gasteiger partial charge in [-0.3, -0.25) is 4.79 Å². The van der Waals surface area contributed by atoms with Crippen molar-refractivity contribution < 1.29 is 9.53 Å². The van der Waals surface area contributed by atoms with Crippen LogP contribution in [0.25, 0.3) is 17.0 Å². The number of rotatable bonds is 3. The Morgan fingerprint density at radius 3 is 2.88 bits per heavy atom. The molecule has 4 heteroatoms. The summed E-state index contributed by atoms with van der Waals surface area (Å²) in [6.45, 7) is 0. The minimum absolute atomic E-state index is 0.473. The largest absolute Gasteiger partial charge is 0.481 e. The van der Waals surface area contributed by atoms with Gasteiger partial charge in [0.05, 0.1) is 12.6 Å². The number of hydrogen-bond acceptors (Lipinski definition) is 3. The number of ether oxygens (including phenoxy) is 1. The van der Waals surface area contributed by atoms with Gasteiger partial charge >= 0.3 is 0 Å². The fourth-order valence-electron chi connectivity index (χ4n) is 1.57. The molecule has 17 heavy (non-hydrogen) atoms. The van der Waals surface area contributed by atoms with E-state index in [1.165, 1.54) is 6.08 Å². The maximum Gasteiger partial charge on any atom is 0.241 e. The normalized spacial score (nSPS) is 10.9. The lowest BCUT2D eigenvalue weighted by atomic mass is 10.1. The molecule has 1 aromatic carbocycles. The molecule has 0 saturated carbocycles. The molecule has 2 rings (SSSR count). The van der Waals surface area contributed by atoms with Gasteiger partial charge in [0, 0.05) is 17.0 Å². The van der Waals surface area contributed by atoms with Crippen LogP contribution in [-0.2, 0) is 4.79 Å². The molecular formula is C13H12N2O2. The van der Waals surface area contributed by atoms with Gasteiger partial charge in [-0.05, 0) is 18.2 Å². The van der Waals surface area contributed by atoms with Gasteiger partial charge in [0.25, 0.3) is 0 Å². The van der Waals surface area contributed by atoms with E-state index in [1.54, 1.807) is 13.2 Å². The van der Waals surface area contributed by atoms with Crippen LogP contribution in [-0.4, -0.2) is 18.0 Å². The third kappa shape index (κ3) is 2.42. The Labute approximate surface area is 98.7 Å². The van der Waals surface area contributed by atoms with E-state index >= 15 is 0 Å². The number of fused-ring (bicyclic) bond motifs is 1. The predicted octanol–water partition coefficient (Wildman–Crippen LogP) is 1.74. The molecule has 0 radical (unpaired) electrons. The second-order valence-corrected chi connectivity index (χ2v) is 3.52. The second-order valence-electron chi connectivity index (χ2n) is 3.52. The summed E-state index contributed by atoms with van der Waals surface area (Å²) >= 11 is 0. The van der Waals surface area contributed by atoms with E-state index in [-0.39, 0.29) is 0 Å². The van der Waals surface area contributed by atoms with Crippen molar-refractivity contribution in [3.8, 4) is 5.88 Å². The zero-order valence-electron chi connectivity index (χ0n) is 9.38. The predicted molar refractivity (Wildman–Crippen MR) is 66.5 cm³/mol. The number of methoxy groups -OCH3 is 1. The van der Waals surface area contributed by atoms with E-state index in [4.69, 9.17) is 10.5 Å². The molecule has 0 bridgehead atoms. The number of pyridine rings is 1. The highest BCUT2D eigenvalue weighted by atomic mass is 16.5. The number of primary amides is 1. The van der Waals surface area contributed by atoms with Crippen LogP contribution in [0, 0.1) is 0 Å². The quantitative estimate of drug-likeness (QED) is 0.814. The number of hydrogen-bond donors (Lipinski definition) is 1. The Kier molecular flexibility index (Phi) is 3.05. The van der Waals surface area contributed by atoms with Gasteiger partial charge in [-0.15, -0.1) is 0 Å². The number of para-hydroxylation sites is 1. The maximum atomic E-state index is 10.7. The first-order chi connectivity index (χ1) is 8.20. The average Bonchev–Trinajstić information content (AvgIpc) is 2.35. The molecule has 0 unspecified atom stereocenters. The highest BCUT2D eigenvalue weighted by molar-refractivity contribution is 5.91. The number of carbonyl (C=O) groups is 1. The molecule has 0 aliphatic carbocycles. The van der Waals surface area contributed by atoms with Crippen LogP contribution in [0.2, 0.25) is 0 Å². The number of benzene rings is 1. The summed E-state index contributed by atoms with van der Waals surface area (Å²) in [5, 5.41) is 0.984. The molecule has 0 saturated heterocycles. The van der Waals surface area contributed by atoms with Crippen LogP contribution < -0.4 is 10.5 Å². The summed E-state index contributed by atoms with van der Waals surface area (Å²) < 4.78 is 5.17. The third-order valence-electron chi connectivity index (χ3n) is 2.34. The number of nitrogens with two attached hydrogens (primary N) is 1. The molecule has 4 nitrogen and oxygen atoms in total. The minimum Gasteiger partial charge on any atom is -0.481 e. The first-order valence-corrected chi connectivity index (χ1v) is 5.12. The molecular weight excluding hydrogens is 216 g/mol. The molecule has 1 heterocycles. The number of nitrogens with zero attached hydrogens (tertiary/aromatic N) is 1. The van der Waals surface area contributed by atoms with Gasteiger partial charge in [-0.25, -0.2) is 4.98 Å². The Hall–Kier alpha value is -2.36. The molecule has 0 spiro atoms. The fourth-order valence-corrected chi connectivity index (χ4v) is 1.57. The van der Waals surface area contributed by atoms with E-state index in [9.17, 15) is 4.79 Å². The van der Waals surface area contributed by atoms with Crippen LogP contribution in [0.5, 0.6) is 5.88 Å². The molecule has 1 aromatic heterocycles. The molecule has 0 aliphatic heterocycles. The van der Waals surface area contributed by atoms with Gasteiger partial charge in [-0.1, -0.05) is 18.2 Å². The van der Waals surface area contributed by atoms with Gasteiger partial charge in [-0.2, -0.15) is 0 Å². The second kappa shape index (κ2) is 4.65. The zero-order chi connectivity index (χ0) is 12.3. The van der Waals surface area contributed by atoms with Crippen LogP contribution in [0.1, 0.15) is 5.56 Å². The summed E-state index contributed by atoms with van der Waals surface area (Å²) in [4.78, 5) is 15.1. The van der Waals surface area contributed by atoms with Gasteiger partial charge in [0.15, 0.2) is 0 Å². The smallest absolute Gasteiger partial charge is 0.241 e. The molecule has 2 aromatic rings. The van der Waals surface area contributed by atoms with Crippen molar-refractivity contribution in [2.75, 3.05) is 7.11 Å². The first-order valence-electron chi connectivity index (χ1n) is 5.12. The van der Waals surface area contributed by atoms with E-state index in [0.717, 1.165) is 16.5 Å². The molecule has 0 aliphatic rings. The summed E-state index contributed by atoms with van der Waals surface area (Å²) in [5.41, 5.74) is 6.63. The number of aromatic nitrogens is 1. The average molecular weight is 228 g/mol. The molecule has 86 valence electrons. The lowest BCUT2D eigenvalue weighted by Crippen LogP contribution is -2.05. The van der Waals surface area contributed by atoms with E-state index in [1.807, 2.05) is 30.3 Å². The molecule has 0 fully saturated rings. The van der Waals surface area contributed by atoms with E-state index < -0.39 is 5.91 Å². The topological polar surface area (TPSA) is 65.2 Å². The van der Waals surface area contributed by atoms with E-state index in [2.05, 4.69) is 4.98 Å². The highest BCUT2D eigenvalue weighted by Crippen LogP contribution is 2.22. The third-order valence-corrected chi connectivity index (χ3v) is 2.34. The number of amides is 1. The lowest BCUT2D eigenvalue weighted by molar-refractivity contribution is -0.113. The number of carbonyl (C=O) groups excluding carboxylic acids is 1. The Balaban J connectivity index is 2.56. The van der Waals surface area contributed by atoms with Gasteiger partial charge in [0.1, 0.15) is 0 Å². The highest BCUT2D eigenvalue weighted by Gasteiger charge is 2.04. The zero-order valence-corrected chi connectivity index (χ0v) is 9.38. The summed E-state index contributed by atoms with van der Waals surface area (Å²) in [5.74, 6) is -0.0265. The van der Waals surface area contributed by atoms with Crippen molar-refractivity contribution in [1.29, 1.82) is 0 Å². The molecule has 2 N–H and O–H groups in total. The summed E-state index contributed by atoms with van der Waals surface area (Å²) in [6, 6.07) is 9.59. The fraction of sp³-hybridized carbons (Fsp3) is 0.0769. The van der Waals surface area contributed by atoms with Crippen molar-refractivity contribution in [3.63, 3.8) is 0 Å². The summed E-state index contributed by atoms with van der Waals surface area (Å²) in [6.07, 6.45) is 2.88. The molecule has 1 amide bonds. The Morgan fingerprint density at radius 2 is 2.18 bits per heavy atom. The first kappa shape index (κ1) is 11.1. The Bertz CT molecular complexity index is 591.